The first kappa shape index (κ1) is 30.2. The van der Waals surface area contributed by atoms with E-state index in [-0.39, 0.29) is 16.9 Å². The van der Waals surface area contributed by atoms with Crippen LogP contribution in [0.15, 0.2) is 125 Å². The van der Waals surface area contributed by atoms with Crippen LogP contribution in [0.2, 0.25) is 0 Å². The summed E-state index contributed by atoms with van der Waals surface area (Å²) in [6.07, 6.45) is 7.07. The quantitative estimate of drug-likeness (QED) is 0.128. The number of fused-ring (bicyclic) bond motifs is 4. The summed E-state index contributed by atoms with van der Waals surface area (Å²) in [4.78, 5) is 36.4. The van der Waals surface area contributed by atoms with Gasteiger partial charge in [0, 0.05) is 28.9 Å². The van der Waals surface area contributed by atoms with Crippen LogP contribution in [0.25, 0.3) is 11.3 Å². The summed E-state index contributed by atoms with van der Waals surface area (Å²) in [7, 11) is 0. The number of carbonyl (C=O) groups excluding carboxylic acids is 1. The number of aryl methyl sites for hydroxylation is 1. The molecule has 1 fully saturated rings. The molecule has 5 aromatic rings. The van der Waals surface area contributed by atoms with Crippen molar-refractivity contribution < 1.29 is 4.79 Å². The zero-order chi connectivity index (χ0) is 31.5. The van der Waals surface area contributed by atoms with Gasteiger partial charge < -0.3 is 0 Å². The monoisotopic (exact) mass is 625 g/mol. The van der Waals surface area contributed by atoms with Crippen LogP contribution in [0.1, 0.15) is 55.7 Å². The Labute approximate surface area is 275 Å². The van der Waals surface area contributed by atoms with E-state index < -0.39 is 5.25 Å². The number of anilines is 2. The molecule has 1 spiro atoms. The van der Waals surface area contributed by atoms with Gasteiger partial charge in [-0.3, -0.25) is 19.1 Å². The van der Waals surface area contributed by atoms with Gasteiger partial charge >= 0.3 is 0 Å². The Morgan fingerprint density at radius 3 is 2.07 bits per heavy atom. The largest absolute Gasteiger partial charge is 0.287 e. The molecule has 7 rings (SSSR count). The van der Waals surface area contributed by atoms with E-state index in [0.717, 1.165) is 60.3 Å². The van der Waals surface area contributed by atoms with E-state index in [1.807, 2.05) is 96.4 Å². The summed E-state index contributed by atoms with van der Waals surface area (Å²) < 4.78 is 1.87. The third kappa shape index (κ3) is 5.82. The van der Waals surface area contributed by atoms with E-state index >= 15 is 0 Å². The highest BCUT2D eigenvalue weighted by Crippen LogP contribution is 2.49. The number of hydrogen-bond acceptors (Lipinski definition) is 4. The average Bonchev–Trinajstić information content (AvgIpc) is 3.10. The Hall–Kier alpha value is -4.42. The van der Waals surface area contributed by atoms with Crippen LogP contribution in [0.5, 0.6) is 0 Å². The molecular weight excluding hydrogens is 587 g/mol. The van der Waals surface area contributed by atoms with Gasteiger partial charge in [-0.2, -0.15) is 0 Å². The predicted molar refractivity (Wildman–Crippen MR) is 188 cm³/mol. The van der Waals surface area contributed by atoms with E-state index in [2.05, 4.69) is 30.3 Å². The van der Waals surface area contributed by atoms with E-state index in [1.165, 1.54) is 29.3 Å². The summed E-state index contributed by atoms with van der Waals surface area (Å²) in [6, 6.07) is 38.3. The summed E-state index contributed by atoms with van der Waals surface area (Å²) in [5.41, 5.74) is 6.67. The number of carbonyl (C=O) groups is 1. The van der Waals surface area contributed by atoms with E-state index in [1.54, 1.807) is 4.90 Å². The van der Waals surface area contributed by atoms with Crippen molar-refractivity contribution in [1.29, 1.82) is 0 Å². The molecule has 6 heteroatoms. The van der Waals surface area contributed by atoms with Crippen LogP contribution in [0, 0.1) is 0 Å². The maximum absolute atomic E-state index is 14.9. The minimum absolute atomic E-state index is 0.0578. The molecule has 1 amide bonds. The van der Waals surface area contributed by atoms with Crippen molar-refractivity contribution in [3.05, 3.63) is 142 Å². The number of aromatic nitrogens is 2. The molecular formula is C40H39N3O2S. The van der Waals surface area contributed by atoms with Gasteiger partial charge in [-0.1, -0.05) is 122 Å². The fourth-order valence-corrected chi connectivity index (χ4v) is 8.31. The summed E-state index contributed by atoms with van der Waals surface area (Å²) in [5, 5.41) is 0.0973. The average molecular weight is 626 g/mol. The smallest absolute Gasteiger partial charge is 0.258 e. The van der Waals surface area contributed by atoms with Gasteiger partial charge in [0.1, 0.15) is 0 Å². The number of para-hydroxylation sites is 2. The van der Waals surface area contributed by atoms with Crippen LogP contribution in [-0.4, -0.2) is 20.7 Å². The Balaban J connectivity index is 1.33. The first-order chi connectivity index (χ1) is 22.5. The molecule has 0 bridgehead atoms. The van der Waals surface area contributed by atoms with Crippen LogP contribution < -0.4 is 10.5 Å². The van der Waals surface area contributed by atoms with E-state index in [0.29, 0.717) is 18.1 Å². The lowest BCUT2D eigenvalue weighted by molar-refractivity contribution is -0.117. The van der Waals surface area contributed by atoms with Crippen LogP contribution in [-0.2, 0) is 29.6 Å². The predicted octanol–water partition coefficient (Wildman–Crippen LogP) is 8.76. The Bertz CT molecular complexity index is 1840. The second kappa shape index (κ2) is 13.1. The van der Waals surface area contributed by atoms with Gasteiger partial charge in [-0.15, -0.1) is 0 Å². The Morgan fingerprint density at radius 2 is 1.41 bits per heavy atom. The lowest BCUT2D eigenvalue weighted by Gasteiger charge is -2.42. The lowest BCUT2D eigenvalue weighted by atomic mass is 9.62. The van der Waals surface area contributed by atoms with Crippen LogP contribution in [0.4, 0.5) is 11.4 Å². The van der Waals surface area contributed by atoms with Gasteiger partial charge in [0.25, 0.3) is 5.56 Å². The zero-order valence-electron chi connectivity index (χ0n) is 26.3. The standard InChI is InChI=1S/C40H39N3O2S/c1-29(37(44)43(32-19-8-3-9-20-32)33-21-10-4-11-22-33)46-39-41-36-34-23-13-12-18-31(34)28-40(25-14-5-15-26-40)35(36)38(45)42(39)27-24-30-16-6-2-7-17-30/h2-4,6-13,16-23,29H,5,14-15,24-28H2,1H3. The van der Waals surface area contributed by atoms with Gasteiger partial charge in [-0.05, 0) is 68.0 Å². The number of amides is 1. The number of thioether (sulfide) groups is 1. The van der Waals surface area contributed by atoms with Crippen molar-refractivity contribution in [3.8, 4) is 11.3 Å². The van der Waals surface area contributed by atoms with Crippen LogP contribution in [0.3, 0.4) is 0 Å². The van der Waals surface area contributed by atoms with Gasteiger partial charge in [0.2, 0.25) is 5.91 Å². The van der Waals surface area contributed by atoms with Crippen molar-refractivity contribution >= 4 is 29.0 Å². The van der Waals surface area contributed by atoms with Crippen molar-refractivity contribution in [2.75, 3.05) is 4.90 Å². The number of benzene rings is 4. The summed E-state index contributed by atoms with van der Waals surface area (Å²) >= 11 is 1.39. The van der Waals surface area contributed by atoms with E-state index in [9.17, 15) is 9.59 Å². The first-order valence-electron chi connectivity index (χ1n) is 16.4. The minimum atomic E-state index is -0.504. The number of nitrogens with zero attached hydrogens (tertiary/aromatic N) is 3. The highest BCUT2D eigenvalue weighted by molar-refractivity contribution is 8.00. The lowest BCUT2D eigenvalue weighted by Crippen LogP contribution is -2.43. The van der Waals surface area contributed by atoms with Crippen molar-refractivity contribution in [2.24, 2.45) is 0 Å². The van der Waals surface area contributed by atoms with Crippen molar-refractivity contribution in [1.82, 2.24) is 9.55 Å². The minimum Gasteiger partial charge on any atom is -0.287 e. The van der Waals surface area contributed by atoms with Crippen molar-refractivity contribution in [3.63, 3.8) is 0 Å². The molecule has 1 unspecified atom stereocenters. The van der Waals surface area contributed by atoms with Gasteiger partial charge in [-0.25, -0.2) is 4.98 Å². The molecule has 1 heterocycles. The van der Waals surface area contributed by atoms with E-state index in [4.69, 9.17) is 4.98 Å². The molecule has 232 valence electrons. The summed E-state index contributed by atoms with van der Waals surface area (Å²) in [6.45, 7) is 2.43. The van der Waals surface area contributed by atoms with Crippen LogP contribution >= 0.6 is 11.8 Å². The normalized spacial score (nSPS) is 15.5. The van der Waals surface area contributed by atoms with Gasteiger partial charge in [0.15, 0.2) is 5.16 Å². The molecule has 0 radical (unpaired) electrons. The molecule has 46 heavy (non-hydrogen) atoms. The maximum Gasteiger partial charge on any atom is 0.258 e. The highest BCUT2D eigenvalue weighted by atomic mass is 32.2. The molecule has 1 atom stereocenters. The molecule has 4 aromatic carbocycles. The fourth-order valence-electron chi connectivity index (χ4n) is 7.34. The molecule has 5 nitrogen and oxygen atoms in total. The molecule has 0 saturated heterocycles. The third-order valence-corrected chi connectivity index (χ3v) is 10.7. The SMILES string of the molecule is CC(Sc1nc2c(c(=O)n1CCc1ccccc1)C1(CCCCC1)Cc1ccccc1-2)C(=O)N(c1ccccc1)c1ccccc1. The topological polar surface area (TPSA) is 55.2 Å². The molecule has 0 aliphatic heterocycles. The molecule has 2 aliphatic rings. The molecule has 0 N–H and O–H groups in total. The third-order valence-electron chi connectivity index (χ3n) is 9.62. The van der Waals surface area contributed by atoms with Gasteiger partial charge in [0.05, 0.1) is 16.5 Å². The highest BCUT2D eigenvalue weighted by Gasteiger charge is 2.43. The Kier molecular flexibility index (Phi) is 8.63. The molecule has 1 saturated carbocycles. The number of rotatable bonds is 8. The summed E-state index contributed by atoms with van der Waals surface area (Å²) in [5.74, 6) is -0.0619. The van der Waals surface area contributed by atoms with Crippen molar-refractivity contribution in [2.45, 2.75) is 74.2 Å². The number of hydrogen-bond donors (Lipinski definition) is 0. The molecule has 1 aromatic heterocycles. The second-order valence-electron chi connectivity index (χ2n) is 12.6. The zero-order valence-corrected chi connectivity index (χ0v) is 27.1. The molecule has 2 aliphatic carbocycles. The maximum atomic E-state index is 14.9. The Morgan fingerprint density at radius 1 is 0.826 bits per heavy atom. The second-order valence-corrected chi connectivity index (χ2v) is 13.9. The first-order valence-corrected chi connectivity index (χ1v) is 17.3. The fraction of sp³-hybridized carbons (Fsp3) is 0.275.